The lowest BCUT2D eigenvalue weighted by molar-refractivity contribution is 0.0195. The van der Waals surface area contributed by atoms with Crippen molar-refractivity contribution in [2.24, 2.45) is 4.99 Å². The molecule has 3 rings (SSSR count). The van der Waals surface area contributed by atoms with Crippen molar-refractivity contribution in [3.63, 3.8) is 0 Å². The summed E-state index contributed by atoms with van der Waals surface area (Å²) in [6.45, 7) is 11.5. The summed E-state index contributed by atoms with van der Waals surface area (Å²) >= 11 is 5.92. The molecule has 0 spiro atoms. The summed E-state index contributed by atoms with van der Waals surface area (Å²) in [4.78, 5) is 9.75. The monoisotopic (exact) mass is 522 g/mol. The van der Waals surface area contributed by atoms with E-state index in [-0.39, 0.29) is 30.1 Å². The lowest BCUT2D eigenvalue weighted by Crippen LogP contribution is -2.46. The second-order valence-corrected chi connectivity index (χ2v) is 7.55. The van der Waals surface area contributed by atoms with Crippen LogP contribution in [-0.2, 0) is 4.74 Å². The van der Waals surface area contributed by atoms with Crippen molar-refractivity contribution in [1.29, 1.82) is 0 Å². The van der Waals surface area contributed by atoms with Gasteiger partial charge < -0.3 is 19.7 Å². The SMILES string of the molecule is CCNC(=NCC(C)Oc1ccc(Cl)cc1)N1CCC(N2CCOCC2)C1.I. The van der Waals surface area contributed by atoms with Crippen LogP contribution in [0.4, 0.5) is 0 Å². The molecule has 2 unspecified atom stereocenters. The molecule has 2 saturated heterocycles. The van der Waals surface area contributed by atoms with E-state index in [1.54, 1.807) is 0 Å². The smallest absolute Gasteiger partial charge is 0.194 e. The summed E-state index contributed by atoms with van der Waals surface area (Å²) in [5, 5.41) is 4.15. The van der Waals surface area contributed by atoms with Gasteiger partial charge in [0, 0.05) is 43.8 Å². The molecule has 2 aliphatic heterocycles. The zero-order chi connectivity index (χ0) is 19.1. The Morgan fingerprint density at radius 3 is 2.68 bits per heavy atom. The van der Waals surface area contributed by atoms with Gasteiger partial charge in [0.1, 0.15) is 11.9 Å². The van der Waals surface area contributed by atoms with Crippen molar-refractivity contribution in [2.45, 2.75) is 32.4 Å². The predicted molar refractivity (Wildman–Crippen MR) is 125 cm³/mol. The molecule has 2 heterocycles. The minimum atomic E-state index is -0.00234. The third-order valence-electron chi connectivity index (χ3n) is 5.01. The molecular weight excluding hydrogens is 491 g/mol. The number of halogens is 2. The summed E-state index contributed by atoms with van der Waals surface area (Å²) in [6, 6.07) is 8.06. The molecule has 0 aliphatic carbocycles. The van der Waals surface area contributed by atoms with Crippen molar-refractivity contribution in [1.82, 2.24) is 15.1 Å². The van der Waals surface area contributed by atoms with E-state index in [0.29, 0.717) is 17.6 Å². The van der Waals surface area contributed by atoms with Gasteiger partial charge in [-0.2, -0.15) is 0 Å². The predicted octanol–water partition coefficient (Wildman–Crippen LogP) is 3.10. The van der Waals surface area contributed by atoms with Crippen LogP contribution in [0.15, 0.2) is 29.3 Å². The van der Waals surface area contributed by atoms with Crippen LogP contribution < -0.4 is 10.1 Å². The van der Waals surface area contributed by atoms with Gasteiger partial charge in [-0.1, -0.05) is 11.6 Å². The van der Waals surface area contributed by atoms with Crippen LogP contribution in [0, 0.1) is 0 Å². The number of nitrogens with one attached hydrogen (secondary N) is 1. The Hall–Kier alpha value is -0.770. The van der Waals surface area contributed by atoms with Gasteiger partial charge in [-0.25, -0.2) is 4.99 Å². The van der Waals surface area contributed by atoms with Crippen LogP contribution in [0.25, 0.3) is 0 Å². The minimum absolute atomic E-state index is 0. The Morgan fingerprint density at radius 2 is 2.00 bits per heavy atom. The molecule has 0 aromatic heterocycles. The number of rotatable bonds is 6. The van der Waals surface area contributed by atoms with Gasteiger partial charge >= 0.3 is 0 Å². The molecule has 2 atom stereocenters. The maximum absolute atomic E-state index is 5.94. The fourth-order valence-electron chi connectivity index (χ4n) is 3.60. The molecule has 1 N–H and O–H groups in total. The minimum Gasteiger partial charge on any atom is -0.489 e. The van der Waals surface area contributed by atoms with Crippen LogP contribution in [0.5, 0.6) is 5.75 Å². The molecule has 28 heavy (non-hydrogen) atoms. The second kappa shape index (κ2) is 12.0. The highest BCUT2D eigenvalue weighted by Crippen LogP contribution is 2.18. The van der Waals surface area contributed by atoms with E-state index in [0.717, 1.165) is 57.6 Å². The molecule has 1 aromatic carbocycles. The van der Waals surface area contributed by atoms with Crippen molar-refractivity contribution < 1.29 is 9.47 Å². The second-order valence-electron chi connectivity index (χ2n) is 7.11. The molecule has 8 heteroatoms. The quantitative estimate of drug-likeness (QED) is 0.354. The van der Waals surface area contributed by atoms with E-state index in [9.17, 15) is 0 Å². The highest BCUT2D eigenvalue weighted by molar-refractivity contribution is 14.0. The van der Waals surface area contributed by atoms with Gasteiger partial charge in [0.2, 0.25) is 0 Å². The van der Waals surface area contributed by atoms with Gasteiger partial charge in [0.05, 0.1) is 19.8 Å². The number of nitrogens with zero attached hydrogens (tertiary/aromatic N) is 3. The number of guanidine groups is 1. The van der Waals surface area contributed by atoms with E-state index < -0.39 is 0 Å². The van der Waals surface area contributed by atoms with E-state index in [4.69, 9.17) is 26.1 Å². The third-order valence-corrected chi connectivity index (χ3v) is 5.26. The van der Waals surface area contributed by atoms with Gasteiger partial charge in [0.25, 0.3) is 0 Å². The van der Waals surface area contributed by atoms with Crippen molar-refractivity contribution in [3.05, 3.63) is 29.3 Å². The van der Waals surface area contributed by atoms with Crippen LogP contribution >= 0.6 is 35.6 Å². The fourth-order valence-corrected chi connectivity index (χ4v) is 3.72. The molecule has 0 saturated carbocycles. The van der Waals surface area contributed by atoms with E-state index in [2.05, 4.69) is 22.0 Å². The molecule has 0 radical (unpaired) electrons. The van der Waals surface area contributed by atoms with Crippen LogP contribution in [-0.4, -0.2) is 80.4 Å². The number of aliphatic imine (C=N–C) groups is 1. The lowest BCUT2D eigenvalue weighted by Gasteiger charge is -2.32. The van der Waals surface area contributed by atoms with Gasteiger partial charge in [-0.3, -0.25) is 4.90 Å². The van der Waals surface area contributed by atoms with Crippen LogP contribution in [0.2, 0.25) is 5.02 Å². The summed E-state index contributed by atoms with van der Waals surface area (Å²) < 4.78 is 11.4. The Balaban J connectivity index is 0.00000280. The first-order valence-corrected chi connectivity index (χ1v) is 10.3. The Kier molecular flexibility index (Phi) is 10.1. The maximum atomic E-state index is 5.94. The van der Waals surface area contributed by atoms with Gasteiger partial charge in [-0.05, 0) is 44.5 Å². The van der Waals surface area contributed by atoms with Crippen molar-refractivity contribution in [3.8, 4) is 5.75 Å². The van der Waals surface area contributed by atoms with Crippen molar-refractivity contribution in [2.75, 3.05) is 52.5 Å². The molecule has 6 nitrogen and oxygen atoms in total. The maximum Gasteiger partial charge on any atom is 0.194 e. The zero-order valence-corrected chi connectivity index (χ0v) is 19.9. The lowest BCUT2D eigenvalue weighted by atomic mass is 10.2. The standard InChI is InChI=1S/C20H31ClN4O2.HI/c1-3-22-20(23-14-16(2)27-19-6-4-17(21)5-7-19)25-9-8-18(15-25)24-10-12-26-13-11-24;/h4-7,16,18H,3,8-15H2,1-2H3,(H,22,23);1H. The fraction of sp³-hybridized carbons (Fsp3) is 0.650. The molecule has 2 aliphatic rings. The normalized spacial score (nSPS) is 21.9. The number of ether oxygens (including phenoxy) is 2. The number of benzene rings is 1. The van der Waals surface area contributed by atoms with Crippen LogP contribution in [0.1, 0.15) is 20.3 Å². The number of hydrogen-bond acceptors (Lipinski definition) is 4. The Labute approximate surface area is 190 Å². The number of hydrogen-bond donors (Lipinski definition) is 1. The average molecular weight is 523 g/mol. The molecule has 0 bridgehead atoms. The molecular formula is C20H32ClIN4O2. The molecule has 0 amide bonds. The number of likely N-dealkylation sites (tertiary alicyclic amines) is 1. The average Bonchev–Trinajstić information content (AvgIpc) is 3.18. The van der Waals surface area contributed by atoms with E-state index in [1.807, 2.05) is 31.2 Å². The molecule has 1 aromatic rings. The third kappa shape index (κ3) is 6.93. The van der Waals surface area contributed by atoms with Gasteiger partial charge in [0.15, 0.2) is 5.96 Å². The summed E-state index contributed by atoms with van der Waals surface area (Å²) in [7, 11) is 0. The summed E-state index contributed by atoms with van der Waals surface area (Å²) in [5.74, 6) is 1.81. The largest absolute Gasteiger partial charge is 0.489 e. The first kappa shape index (κ1) is 23.5. The summed E-state index contributed by atoms with van der Waals surface area (Å²) in [5.41, 5.74) is 0. The van der Waals surface area contributed by atoms with Crippen molar-refractivity contribution >= 4 is 41.5 Å². The molecule has 2 fully saturated rings. The zero-order valence-electron chi connectivity index (χ0n) is 16.8. The summed E-state index contributed by atoms with van der Waals surface area (Å²) in [6.07, 6.45) is 1.18. The highest BCUT2D eigenvalue weighted by atomic mass is 127. The van der Waals surface area contributed by atoms with Gasteiger partial charge in [-0.15, -0.1) is 24.0 Å². The Bertz CT molecular complexity index is 611. The Morgan fingerprint density at radius 1 is 1.29 bits per heavy atom. The van der Waals surface area contributed by atoms with Crippen LogP contribution in [0.3, 0.4) is 0 Å². The number of morpholine rings is 1. The topological polar surface area (TPSA) is 49.3 Å². The van der Waals surface area contributed by atoms with E-state index in [1.165, 1.54) is 6.42 Å². The first-order chi connectivity index (χ1) is 13.2. The van der Waals surface area contributed by atoms with E-state index >= 15 is 0 Å². The highest BCUT2D eigenvalue weighted by Gasteiger charge is 2.30. The molecule has 158 valence electrons. The first-order valence-electron chi connectivity index (χ1n) is 9.93.